The fourth-order valence-corrected chi connectivity index (χ4v) is 3.75. The molecule has 0 bridgehead atoms. The smallest absolute Gasteiger partial charge is 0.411 e. The molecular formula is C19H27NO4S. The first-order valence-corrected chi connectivity index (χ1v) is 10.2. The third-order valence-corrected chi connectivity index (χ3v) is 5.15. The van der Waals surface area contributed by atoms with E-state index in [4.69, 9.17) is 9.47 Å². The summed E-state index contributed by atoms with van der Waals surface area (Å²) in [4.78, 5) is 27.1. The lowest BCUT2D eigenvalue weighted by atomic mass is 9.84. The minimum absolute atomic E-state index is 0.206. The second-order valence-corrected chi connectivity index (χ2v) is 7.13. The zero-order chi connectivity index (χ0) is 18.1. The van der Waals surface area contributed by atoms with Crippen LogP contribution in [0.25, 0.3) is 0 Å². The molecule has 1 aliphatic heterocycles. The maximum absolute atomic E-state index is 12.7. The summed E-state index contributed by atoms with van der Waals surface area (Å²) in [7, 11) is 0. The second-order valence-electron chi connectivity index (χ2n) is 6.14. The Morgan fingerprint density at radius 1 is 1.20 bits per heavy atom. The van der Waals surface area contributed by atoms with Crippen molar-refractivity contribution in [1.29, 1.82) is 0 Å². The summed E-state index contributed by atoms with van der Waals surface area (Å²) in [5.41, 5.74) is 0.0316. The van der Waals surface area contributed by atoms with E-state index in [2.05, 4.69) is 0 Å². The lowest BCUT2D eigenvalue weighted by Gasteiger charge is -2.44. The molecule has 6 heteroatoms. The summed E-state index contributed by atoms with van der Waals surface area (Å²) in [5.74, 6) is 0.488. The largest absolute Gasteiger partial charge is 0.464 e. The first-order valence-electron chi connectivity index (χ1n) is 8.78. The van der Waals surface area contributed by atoms with Crippen LogP contribution < -0.4 is 0 Å². The fraction of sp³-hybridized carbons (Fsp3) is 0.579. The molecule has 0 radical (unpaired) electrons. The molecule has 138 valence electrons. The Morgan fingerprint density at radius 3 is 2.64 bits per heavy atom. The molecule has 1 amide bonds. The summed E-state index contributed by atoms with van der Waals surface area (Å²) < 4.78 is 10.8. The van der Waals surface area contributed by atoms with Gasteiger partial charge in [-0.1, -0.05) is 30.3 Å². The van der Waals surface area contributed by atoms with Crippen LogP contribution in [-0.4, -0.2) is 47.7 Å². The van der Waals surface area contributed by atoms with Crippen LogP contribution in [-0.2, 0) is 20.9 Å². The van der Waals surface area contributed by atoms with Crippen molar-refractivity contribution >= 4 is 23.8 Å². The molecule has 1 saturated heterocycles. The van der Waals surface area contributed by atoms with Gasteiger partial charge in [-0.3, -0.25) is 4.90 Å². The summed E-state index contributed by atoms with van der Waals surface area (Å²) in [6.45, 7) is 2.84. The third kappa shape index (κ3) is 4.91. The lowest BCUT2D eigenvalue weighted by Crippen LogP contribution is -2.60. The molecule has 1 aliphatic rings. The molecule has 1 atom stereocenters. The molecule has 1 aromatic carbocycles. The normalized spacial score (nSPS) is 20.2. The molecular weight excluding hydrogens is 338 g/mol. The Morgan fingerprint density at radius 2 is 1.96 bits per heavy atom. The summed E-state index contributed by atoms with van der Waals surface area (Å²) in [6, 6.07) is 9.56. The molecule has 1 heterocycles. The van der Waals surface area contributed by atoms with Crippen LogP contribution in [0.4, 0.5) is 4.79 Å². The number of likely N-dealkylation sites (tertiary alicyclic amines) is 1. The van der Waals surface area contributed by atoms with Gasteiger partial charge in [-0.05, 0) is 50.2 Å². The van der Waals surface area contributed by atoms with Crippen molar-refractivity contribution in [1.82, 2.24) is 4.90 Å². The average molecular weight is 365 g/mol. The predicted molar refractivity (Wildman–Crippen MR) is 99.5 cm³/mol. The van der Waals surface area contributed by atoms with E-state index in [9.17, 15) is 9.59 Å². The standard InChI is InChI=1S/C19H27NO4S/c1-3-23-17(21)19(12-14-25-2)11-7-8-13-20(19)18(22)24-15-16-9-5-4-6-10-16/h4-6,9-10H,3,7-8,11-15H2,1-2H3/t19-/m0/s1. The number of amides is 1. The van der Waals surface area contributed by atoms with Crippen molar-refractivity contribution in [3.63, 3.8) is 0 Å². The maximum atomic E-state index is 12.7. The molecule has 5 nitrogen and oxygen atoms in total. The number of piperidine rings is 1. The number of esters is 1. The molecule has 0 saturated carbocycles. The number of ether oxygens (including phenoxy) is 2. The molecule has 25 heavy (non-hydrogen) atoms. The molecule has 0 spiro atoms. The Bertz CT molecular complexity index is 566. The minimum atomic E-state index is -0.898. The van der Waals surface area contributed by atoms with Gasteiger partial charge in [0.15, 0.2) is 0 Å². The van der Waals surface area contributed by atoms with Gasteiger partial charge in [-0.25, -0.2) is 9.59 Å². The van der Waals surface area contributed by atoms with Gasteiger partial charge in [-0.2, -0.15) is 11.8 Å². The highest BCUT2D eigenvalue weighted by atomic mass is 32.2. The number of hydrogen-bond donors (Lipinski definition) is 0. The number of carbonyl (C=O) groups excluding carboxylic acids is 2. The SMILES string of the molecule is CCOC(=O)[C@@]1(CCSC)CCCCN1C(=O)OCc1ccccc1. The second kappa shape index (κ2) is 9.70. The highest BCUT2D eigenvalue weighted by Gasteiger charge is 2.49. The van der Waals surface area contributed by atoms with Crippen LogP contribution in [0, 0.1) is 0 Å². The van der Waals surface area contributed by atoms with E-state index >= 15 is 0 Å². The van der Waals surface area contributed by atoms with E-state index in [0.29, 0.717) is 26.0 Å². The molecule has 0 aromatic heterocycles. The average Bonchev–Trinajstić information content (AvgIpc) is 2.65. The van der Waals surface area contributed by atoms with Crippen LogP contribution in [0.5, 0.6) is 0 Å². The predicted octanol–water partition coefficient (Wildman–Crippen LogP) is 3.86. The molecule has 1 aromatic rings. The fourth-order valence-electron chi connectivity index (χ4n) is 3.21. The molecule has 0 unspecified atom stereocenters. The topological polar surface area (TPSA) is 55.8 Å². The van der Waals surface area contributed by atoms with Gasteiger partial charge in [0.25, 0.3) is 0 Å². The van der Waals surface area contributed by atoms with Crippen LogP contribution in [0.2, 0.25) is 0 Å². The van der Waals surface area contributed by atoms with Crippen molar-refractivity contribution in [2.45, 2.75) is 44.8 Å². The van der Waals surface area contributed by atoms with Crippen molar-refractivity contribution < 1.29 is 19.1 Å². The number of rotatable bonds is 7. The number of thioether (sulfide) groups is 1. The van der Waals surface area contributed by atoms with E-state index in [0.717, 1.165) is 24.2 Å². The van der Waals surface area contributed by atoms with Gasteiger partial charge in [-0.15, -0.1) is 0 Å². The highest BCUT2D eigenvalue weighted by Crippen LogP contribution is 2.34. The first-order chi connectivity index (χ1) is 12.1. The highest BCUT2D eigenvalue weighted by molar-refractivity contribution is 7.98. The Kier molecular flexibility index (Phi) is 7.62. The zero-order valence-corrected chi connectivity index (χ0v) is 15.8. The van der Waals surface area contributed by atoms with E-state index in [-0.39, 0.29) is 12.6 Å². The monoisotopic (exact) mass is 365 g/mol. The number of carbonyl (C=O) groups is 2. The molecule has 0 aliphatic carbocycles. The molecule has 0 N–H and O–H groups in total. The Hall–Kier alpha value is -1.69. The summed E-state index contributed by atoms with van der Waals surface area (Å²) >= 11 is 1.67. The number of nitrogens with zero attached hydrogens (tertiary/aromatic N) is 1. The number of benzene rings is 1. The van der Waals surface area contributed by atoms with Gasteiger partial charge in [0, 0.05) is 6.54 Å². The summed E-state index contributed by atoms with van der Waals surface area (Å²) in [6.07, 6.45) is 4.58. The Labute approximate surface area is 154 Å². The van der Waals surface area contributed by atoms with Gasteiger partial charge in [0.1, 0.15) is 12.1 Å². The quantitative estimate of drug-likeness (QED) is 0.687. The van der Waals surface area contributed by atoms with Crippen molar-refractivity contribution in [2.75, 3.05) is 25.2 Å². The Balaban J connectivity index is 2.14. The van der Waals surface area contributed by atoms with E-state index < -0.39 is 11.6 Å². The van der Waals surface area contributed by atoms with Gasteiger partial charge >= 0.3 is 12.1 Å². The van der Waals surface area contributed by atoms with Crippen LogP contribution in [0.1, 0.15) is 38.2 Å². The van der Waals surface area contributed by atoms with E-state index in [1.54, 1.807) is 23.6 Å². The van der Waals surface area contributed by atoms with Gasteiger partial charge in [0.2, 0.25) is 0 Å². The maximum Gasteiger partial charge on any atom is 0.411 e. The minimum Gasteiger partial charge on any atom is -0.464 e. The first kappa shape index (κ1) is 19.6. The lowest BCUT2D eigenvalue weighted by molar-refractivity contribution is -0.159. The van der Waals surface area contributed by atoms with Crippen LogP contribution in [0.15, 0.2) is 30.3 Å². The van der Waals surface area contributed by atoms with Crippen LogP contribution in [0.3, 0.4) is 0 Å². The van der Waals surface area contributed by atoms with E-state index in [1.165, 1.54) is 0 Å². The van der Waals surface area contributed by atoms with Gasteiger partial charge in [0.05, 0.1) is 6.61 Å². The molecule has 1 fully saturated rings. The van der Waals surface area contributed by atoms with Gasteiger partial charge < -0.3 is 9.47 Å². The van der Waals surface area contributed by atoms with Crippen molar-refractivity contribution in [3.05, 3.63) is 35.9 Å². The van der Waals surface area contributed by atoms with Crippen molar-refractivity contribution in [2.24, 2.45) is 0 Å². The third-order valence-electron chi connectivity index (χ3n) is 4.54. The summed E-state index contributed by atoms with van der Waals surface area (Å²) in [5, 5.41) is 0. The van der Waals surface area contributed by atoms with Crippen molar-refractivity contribution in [3.8, 4) is 0 Å². The zero-order valence-electron chi connectivity index (χ0n) is 15.0. The van der Waals surface area contributed by atoms with E-state index in [1.807, 2.05) is 36.6 Å². The van der Waals surface area contributed by atoms with Crippen LogP contribution >= 0.6 is 11.8 Å². The number of hydrogen-bond acceptors (Lipinski definition) is 5. The molecule has 2 rings (SSSR count).